The minimum absolute atomic E-state index is 0.0927. The number of rotatable bonds is 4. The number of carbonyl (C=O) groups is 3. The van der Waals surface area contributed by atoms with Crippen LogP contribution in [0.5, 0.6) is 0 Å². The van der Waals surface area contributed by atoms with Gasteiger partial charge in [-0.25, -0.2) is 14.6 Å². The molecule has 1 fully saturated rings. The van der Waals surface area contributed by atoms with Crippen LogP contribution in [0, 0.1) is 0 Å². The molecule has 0 saturated carbocycles. The Morgan fingerprint density at radius 3 is 3.00 bits per heavy atom. The molecule has 1 saturated heterocycles. The number of carboxylic acid groups (broad SMARTS) is 1. The predicted octanol–water partition coefficient (Wildman–Crippen LogP) is -1.06. The van der Waals surface area contributed by atoms with E-state index < -0.39 is 24.1 Å². The second kappa shape index (κ2) is 6.25. The second-order valence-corrected chi connectivity index (χ2v) is 4.78. The van der Waals surface area contributed by atoms with Crippen LogP contribution in [0.3, 0.4) is 0 Å². The zero-order chi connectivity index (χ0) is 15.4. The Hall–Kier alpha value is -2.58. The van der Waals surface area contributed by atoms with Crippen LogP contribution in [0.15, 0.2) is 12.5 Å². The summed E-state index contributed by atoms with van der Waals surface area (Å²) in [6.07, 6.45) is 3.03. The number of hydrogen-bond donors (Lipinski definition) is 4. The van der Waals surface area contributed by atoms with Crippen LogP contribution >= 0.6 is 0 Å². The van der Waals surface area contributed by atoms with E-state index in [2.05, 4.69) is 20.6 Å². The number of nitrogens with one attached hydrogen (secondary N) is 3. The van der Waals surface area contributed by atoms with Crippen molar-refractivity contribution in [1.29, 1.82) is 0 Å². The highest BCUT2D eigenvalue weighted by atomic mass is 16.4. The summed E-state index contributed by atoms with van der Waals surface area (Å²) < 4.78 is 0. The van der Waals surface area contributed by atoms with Crippen molar-refractivity contribution in [3.8, 4) is 0 Å². The Balaban J connectivity index is 2.01. The lowest BCUT2D eigenvalue weighted by atomic mass is 10.1. The number of aromatic amines is 1. The molecule has 2 heterocycles. The highest BCUT2D eigenvalue weighted by molar-refractivity contribution is 5.89. The van der Waals surface area contributed by atoms with Gasteiger partial charge in [0, 0.05) is 31.4 Å². The number of amides is 3. The van der Waals surface area contributed by atoms with Crippen LogP contribution in [0.2, 0.25) is 0 Å². The van der Waals surface area contributed by atoms with Gasteiger partial charge in [-0.15, -0.1) is 0 Å². The molecule has 0 spiro atoms. The van der Waals surface area contributed by atoms with Crippen molar-refractivity contribution in [3.05, 3.63) is 18.2 Å². The fourth-order valence-corrected chi connectivity index (χ4v) is 2.11. The number of imidazole rings is 1. The van der Waals surface area contributed by atoms with Gasteiger partial charge >= 0.3 is 12.0 Å². The molecule has 1 aromatic heterocycles. The van der Waals surface area contributed by atoms with E-state index >= 15 is 0 Å². The summed E-state index contributed by atoms with van der Waals surface area (Å²) in [5, 5.41) is 14.3. The van der Waals surface area contributed by atoms with Crippen LogP contribution < -0.4 is 10.6 Å². The summed E-state index contributed by atoms with van der Waals surface area (Å²) in [4.78, 5) is 42.8. The first-order chi connectivity index (χ1) is 9.99. The van der Waals surface area contributed by atoms with Gasteiger partial charge in [-0.2, -0.15) is 0 Å². The normalized spacial score (nSPS) is 19.8. The van der Waals surface area contributed by atoms with Gasteiger partial charge < -0.3 is 25.6 Å². The smallest absolute Gasteiger partial charge is 0.326 e. The van der Waals surface area contributed by atoms with Gasteiger partial charge in [0.2, 0.25) is 5.91 Å². The first-order valence-electron chi connectivity index (χ1n) is 6.54. The summed E-state index contributed by atoms with van der Waals surface area (Å²) >= 11 is 0. The molecule has 1 aromatic rings. The molecule has 1 unspecified atom stereocenters. The third-order valence-corrected chi connectivity index (χ3v) is 3.33. The Morgan fingerprint density at radius 2 is 2.38 bits per heavy atom. The summed E-state index contributed by atoms with van der Waals surface area (Å²) in [5.74, 6) is -1.40. The van der Waals surface area contributed by atoms with E-state index in [9.17, 15) is 19.5 Å². The molecule has 0 aliphatic carbocycles. The number of urea groups is 1. The highest BCUT2D eigenvalue weighted by Gasteiger charge is 2.31. The van der Waals surface area contributed by atoms with Crippen LogP contribution in [0.1, 0.15) is 12.6 Å². The fourth-order valence-electron chi connectivity index (χ4n) is 2.11. The van der Waals surface area contributed by atoms with Gasteiger partial charge in [0.05, 0.1) is 6.33 Å². The number of aromatic nitrogens is 2. The molecule has 0 bridgehead atoms. The average molecular weight is 295 g/mol. The molecule has 9 heteroatoms. The van der Waals surface area contributed by atoms with Crippen molar-refractivity contribution in [2.24, 2.45) is 0 Å². The van der Waals surface area contributed by atoms with Gasteiger partial charge in [-0.1, -0.05) is 0 Å². The minimum atomic E-state index is -1.15. The summed E-state index contributed by atoms with van der Waals surface area (Å²) in [7, 11) is 0. The molecule has 2 atom stereocenters. The van der Waals surface area contributed by atoms with Crippen molar-refractivity contribution < 1.29 is 19.5 Å². The maximum absolute atomic E-state index is 12.1. The SMILES string of the molecule is CC1C(=O)NCCN1C(=O)N[C@@H](Cc1cnc[nH]1)C(=O)O. The molecule has 21 heavy (non-hydrogen) atoms. The van der Waals surface area contributed by atoms with Crippen molar-refractivity contribution in [3.63, 3.8) is 0 Å². The van der Waals surface area contributed by atoms with Crippen molar-refractivity contribution in [1.82, 2.24) is 25.5 Å². The molecule has 2 rings (SSSR count). The number of carboxylic acids is 1. The van der Waals surface area contributed by atoms with Crippen molar-refractivity contribution >= 4 is 17.9 Å². The standard InChI is InChI=1S/C12H17N5O4/c1-7-10(18)14-2-3-17(7)12(21)16-9(11(19)20)4-8-5-13-6-15-8/h5-7,9H,2-4H2,1H3,(H,13,15)(H,14,18)(H,16,21)(H,19,20)/t7?,9-/m0/s1. The summed E-state index contributed by atoms with van der Waals surface area (Å²) in [6.45, 7) is 2.29. The van der Waals surface area contributed by atoms with Crippen LogP contribution in [-0.4, -0.2) is 63.1 Å². The lowest BCUT2D eigenvalue weighted by Gasteiger charge is -2.33. The van der Waals surface area contributed by atoms with E-state index in [0.717, 1.165) is 0 Å². The summed E-state index contributed by atoms with van der Waals surface area (Å²) in [5.41, 5.74) is 0.604. The zero-order valence-corrected chi connectivity index (χ0v) is 11.5. The van der Waals surface area contributed by atoms with E-state index in [1.54, 1.807) is 6.92 Å². The molecule has 1 aliphatic rings. The largest absolute Gasteiger partial charge is 0.480 e. The van der Waals surface area contributed by atoms with E-state index in [1.807, 2.05) is 0 Å². The zero-order valence-electron chi connectivity index (χ0n) is 11.5. The molecule has 4 N–H and O–H groups in total. The first kappa shape index (κ1) is 14.8. The number of nitrogens with zero attached hydrogens (tertiary/aromatic N) is 2. The number of H-pyrrole nitrogens is 1. The summed E-state index contributed by atoms with van der Waals surface area (Å²) in [6, 6.07) is -2.28. The lowest BCUT2D eigenvalue weighted by molar-refractivity contribution is -0.139. The molecule has 114 valence electrons. The topological polar surface area (TPSA) is 127 Å². The van der Waals surface area contributed by atoms with E-state index in [0.29, 0.717) is 18.8 Å². The van der Waals surface area contributed by atoms with Gasteiger partial charge in [-0.3, -0.25) is 4.79 Å². The van der Waals surface area contributed by atoms with Crippen LogP contribution in [0.25, 0.3) is 0 Å². The van der Waals surface area contributed by atoms with E-state index in [4.69, 9.17) is 0 Å². The third-order valence-electron chi connectivity index (χ3n) is 3.33. The first-order valence-corrected chi connectivity index (χ1v) is 6.54. The van der Waals surface area contributed by atoms with Gasteiger partial charge in [0.1, 0.15) is 12.1 Å². The second-order valence-electron chi connectivity index (χ2n) is 4.78. The quantitative estimate of drug-likeness (QED) is 0.563. The molecule has 1 aliphatic heterocycles. The van der Waals surface area contributed by atoms with Gasteiger partial charge in [0.25, 0.3) is 0 Å². The number of aliphatic carboxylic acids is 1. The lowest BCUT2D eigenvalue weighted by Crippen LogP contribution is -2.60. The monoisotopic (exact) mass is 295 g/mol. The maximum atomic E-state index is 12.1. The van der Waals surface area contributed by atoms with Crippen molar-refractivity contribution in [2.45, 2.75) is 25.4 Å². The number of piperazine rings is 1. The Bertz CT molecular complexity index is 530. The molecule has 0 aromatic carbocycles. The highest BCUT2D eigenvalue weighted by Crippen LogP contribution is 2.06. The minimum Gasteiger partial charge on any atom is -0.480 e. The van der Waals surface area contributed by atoms with Gasteiger partial charge in [0.15, 0.2) is 0 Å². The molecular formula is C12H17N5O4. The van der Waals surface area contributed by atoms with E-state index in [1.165, 1.54) is 17.4 Å². The van der Waals surface area contributed by atoms with Gasteiger partial charge in [-0.05, 0) is 6.92 Å². The maximum Gasteiger partial charge on any atom is 0.326 e. The van der Waals surface area contributed by atoms with Crippen LogP contribution in [-0.2, 0) is 16.0 Å². The van der Waals surface area contributed by atoms with E-state index in [-0.39, 0.29) is 12.3 Å². The third kappa shape index (κ3) is 3.50. The molecule has 3 amide bonds. The van der Waals surface area contributed by atoms with Crippen LogP contribution in [0.4, 0.5) is 4.79 Å². The number of hydrogen-bond acceptors (Lipinski definition) is 4. The predicted molar refractivity (Wildman–Crippen MR) is 71.4 cm³/mol. The fraction of sp³-hybridized carbons (Fsp3) is 0.500. The van der Waals surface area contributed by atoms with Crippen molar-refractivity contribution in [2.75, 3.05) is 13.1 Å². The Labute approximate surface area is 120 Å². The Kier molecular flexibility index (Phi) is 4.41. The number of carbonyl (C=O) groups excluding carboxylic acids is 2. The average Bonchev–Trinajstić information content (AvgIpc) is 2.93. The molecule has 9 nitrogen and oxygen atoms in total. The molecular weight excluding hydrogens is 278 g/mol. The molecule has 0 radical (unpaired) electrons. The Morgan fingerprint density at radius 1 is 1.62 bits per heavy atom.